The van der Waals surface area contributed by atoms with Gasteiger partial charge >= 0.3 is 0 Å². The molecule has 0 atom stereocenters. The fraction of sp³-hybridized carbons (Fsp3) is 0. The maximum Gasteiger partial charge on any atom is 0.135 e. The summed E-state index contributed by atoms with van der Waals surface area (Å²) in [6, 6.07) is 43.2. The molecular weight excluding hydrogens is 571 g/mol. The van der Waals surface area contributed by atoms with Crippen molar-refractivity contribution >= 4 is 75.3 Å². The lowest BCUT2D eigenvalue weighted by Gasteiger charge is -2.09. The van der Waals surface area contributed by atoms with Crippen molar-refractivity contribution in [3.63, 3.8) is 0 Å². The van der Waals surface area contributed by atoms with Gasteiger partial charge in [0, 0.05) is 71.6 Å². The number of aromatic nitrogens is 3. The topological polar surface area (TPSA) is 43.9 Å². The van der Waals surface area contributed by atoms with Gasteiger partial charge in [0.2, 0.25) is 0 Å². The lowest BCUT2D eigenvalue weighted by Crippen LogP contribution is -1.93. The van der Waals surface area contributed by atoms with Gasteiger partial charge in [-0.15, -0.1) is 11.3 Å². The fourth-order valence-corrected chi connectivity index (χ4v) is 7.89. The third-order valence-corrected chi connectivity index (χ3v) is 10.1. The highest BCUT2D eigenvalue weighted by Gasteiger charge is 2.16. The van der Waals surface area contributed by atoms with E-state index in [1.165, 1.54) is 36.7 Å². The zero-order chi connectivity index (χ0) is 29.5. The maximum absolute atomic E-state index is 6.12. The van der Waals surface area contributed by atoms with Crippen LogP contribution >= 0.6 is 11.3 Å². The number of para-hydroxylation sites is 1. The van der Waals surface area contributed by atoms with Crippen molar-refractivity contribution in [1.82, 2.24) is 14.5 Å². The van der Waals surface area contributed by atoms with Crippen LogP contribution in [-0.2, 0) is 0 Å². The van der Waals surface area contributed by atoms with E-state index >= 15 is 0 Å². The van der Waals surface area contributed by atoms with Crippen LogP contribution in [0, 0.1) is 0 Å². The first-order chi connectivity index (χ1) is 22.3. The van der Waals surface area contributed by atoms with Crippen molar-refractivity contribution in [3.05, 3.63) is 140 Å². The van der Waals surface area contributed by atoms with Crippen molar-refractivity contribution in [3.8, 4) is 28.1 Å². The van der Waals surface area contributed by atoms with Gasteiger partial charge < -0.3 is 8.98 Å². The van der Waals surface area contributed by atoms with Crippen LogP contribution in [0.3, 0.4) is 0 Å². The van der Waals surface area contributed by atoms with Crippen molar-refractivity contribution in [1.29, 1.82) is 0 Å². The summed E-state index contributed by atoms with van der Waals surface area (Å²) in [7, 11) is 0. The maximum atomic E-state index is 6.12. The average molecular weight is 594 g/mol. The predicted molar refractivity (Wildman–Crippen MR) is 187 cm³/mol. The Morgan fingerprint density at radius 2 is 1.24 bits per heavy atom. The van der Waals surface area contributed by atoms with Gasteiger partial charge in [0.15, 0.2) is 0 Å². The molecule has 5 heteroatoms. The van der Waals surface area contributed by atoms with E-state index in [1.54, 1.807) is 0 Å². The number of benzene rings is 5. The van der Waals surface area contributed by atoms with Crippen molar-refractivity contribution < 1.29 is 4.42 Å². The van der Waals surface area contributed by atoms with E-state index in [2.05, 4.69) is 112 Å². The zero-order valence-electron chi connectivity index (χ0n) is 23.9. The molecule has 0 amide bonds. The summed E-state index contributed by atoms with van der Waals surface area (Å²) < 4.78 is 11.0. The minimum Gasteiger partial charge on any atom is -0.456 e. The minimum atomic E-state index is 0.896. The highest BCUT2D eigenvalue weighted by atomic mass is 32.1. The number of fused-ring (bicyclic) bond motifs is 9. The molecule has 45 heavy (non-hydrogen) atoms. The quantitative estimate of drug-likeness (QED) is 0.205. The zero-order valence-corrected chi connectivity index (χ0v) is 24.8. The Hall–Kier alpha value is -5.78. The Morgan fingerprint density at radius 1 is 0.511 bits per heavy atom. The monoisotopic (exact) mass is 593 g/mol. The number of hydrogen-bond donors (Lipinski definition) is 0. The Balaban J connectivity index is 1.15. The molecule has 5 aromatic carbocycles. The van der Waals surface area contributed by atoms with Crippen LogP contribution in [0.2, 0.25) is 0 Å². The second-order valence-electron chi connectivity index (χ2n) is 11.5. The Bertz CT molecular complexity index is 2770. The van der Waals surface area contributed by atoms with E-state index in [1.807, 2.05) is 54.2 Å². The normalized spacial score (nSPS) is 12.0. The lowest BCUT2D eigenvalue weighted by molar-refractivity contribution is 0.669. The molecule has 10 rings (SSSR count). The smallest absolute Gasteiger partial charge is 0.135 e. The molecule has 5 heterocycles. The predicted octanol–water partition coefficient (Wildman–Crippen LogP) is 11.2. The van der Waals surface area contributed by atoms with Gasteiger partial charge in [-0.05, 0) is 90.0 Å². The van der Waals surface area contributed by atoms with Gasteiger partial charge in [-0.1, -0.05) is 42.5 Å². The van der Waals surface area contributed by atoms with Crippen LogP contribution in [0.4, 0.5) is 0 Å². The molecule has 4 nitrogen and oxygen atoms in total. The summed E-state index contributed by atoms with van der Waals surface area (Å²) >= 11 is 1.84. The molecule has 5 aromatic heterocycles. The van der Waals surface area contributed by atoms with Crippen LogP contribution in [0.15, 0.2) is 144 Å². The third-order valence-electron chi connectivity index (χ3n) is 8.95. The molecule has 0 saturated heterocycles. The van der Waals surface area contributed by atoms with E-state index in [4.69, 9.17) is 4.42 Å². The van der Waals surface area contributed by atoms with Gasteiger partial charge in [0.05, 0.1) is 16.7 Å². The van der Waals surface area contributed by atoms with Crippen molar-refractivity contribution in [2.45, 2.75) is 0 Å². The van der Waals surface area contributed by atoms with E-state index in [-0.39, 0.29) is 0 Å². The number of nitrogens with zero attached hydrogens (tertiary/aromatic N) is 3. The molecule has 0 aliphatic carbocycles. The fourth-order valence-electron chi connectivity index (χ4n) is 6.83. The van der Waals surface area contributed by atoms with Crippen LogP contribution in [0.5, 0.6) is 0 Å². The third kappa shape index (κ3) is 3.71. The molecule has 0 aliphatic rings. The van der Waals surface area contributed by atoms with Crippen LogP contribution in [0.1, 0.15) is 0 Å². The molecule has 0 spiro atoms. The number of furan rings is 1. The second kappa shape index (κ2) is 9.36. The second-order valence-corrected chi connectivity index (χ2v) is 12.6. The number of hydrogen-bond acceptors (Lipinski definition) is 4. The van der Waals surface area contributed by atoms with Gasteiger partial charge in [-0.3, -0.25) is 9.97 Å². The Kier molecular flexibility index (Phi) is 5.12. The molecule has 10 aromatic rings. The average Bonchev–Trinajstić information content (AvgIpc) is 3.77. The van der Waals surface area contributed by atoms with E-state index in [0.717, 1.165) is 55.3 Å². The Morgan fingerprint density at radius 3 is 2.11 bits per heavy atom. The summed E-state index contributed by atoms with van der Waals surface area (Å²) in [6.45, 7) is 0. The first kappa shape index (κ1) is 24.6. The standard InChI is InChI=1S/C40H23N3OS/c1-2-7-37-28(5-1)30-22-27(11-13-38(30)44-37)43-35-12-8-24(19-29(35)33-23-41-18-16-36(33)43)25-9-14-39-31(20-25)32-21-26(10-15-40(32)45-39)34-6-3-4-17-42-34/h1-23H. The van der Waals surface area contributed by atoms with E-state index < -0.39 is 0 Å². The number of pyridine rings is 2. The first-order valence-corrected chi connectivity index (χ1v) is 15.8. The summed E-state index contributed by atoms with van der Waals surface area (Å²) in [5.74, 6) is 0. The number of thiophene rings is 1. The summed E-state index contributed by atoms with van der Waals surface area (Å²) in [5, 5.41) is 7.10. The molecule has 0 fully saturated rings. The minimum absolute atomic E-state index is 0.896. The summed E-state index contributed by atoms with van der Waals surface area (Å²) in [6.07, 6.45) is 5.71. The summed E-state index contributed by atoms with van der Waals surface area (Å²) in [5.41, 5.74) is 9.69. The largest absolute Gasteiger partial charge is 0.456 e. The molecule has 0 bridgehead atoms. The van der Waals surface area contributed by atoms with Gasteiger partial charge in [-0.25, -0.2) is 0 Å². The SMILES string of the molecule is c1ccc(-c2ccc3sc4ccc(-c5ccc6c(c5)c5cnccc5n6-c5ccc6oc7ccccc7c6c5)cc4c3c2)nc1. The highest BCUT2D eigenvalue weighted by Crippen LogP contribution is 2.40. The van der Waals surface area contributed by atoms with E-state index in [0.29, 0.717) is 0 Å². The van der Waals surface area contributed by atoms with Crippen molar-refractivity contribution in [2.24, 2.45) is 0 Å². The van der Waals surface area contributed by atoms with Crippen LogP contribution < -0.4 is 0 Å². The molecule has 0 N–H and O–H groups in total. The van der Waals surface area contributed by atoms with Crippen LogP contribution in [0.25, 0.3) is 92.0 Å². The Labute approximate surface area is 261 Å². The van der Waals surface area contributed by atoms with Crippen LogP contribution in [-0.4, -0.2) is 14.5 Å². The highest BCUT2D eigenvalue weighted by molar-refractivity contribution is 7.25. The molecule has 0 radical (unpaired) electrons. The molecule has 0 unspecified atom stereocenters. The summed E-state index contributed by atoms with van der Waals surface area (Å²) in [4.78, 5) is 9.10. The first-order valence-electron chi connectivity index (χ1n) is 15.0. The van der Waals surface area contributed by atoms with Gasteiger partial charge in [-0.2, -0.15) is 0 Å². The lowest BCUT2D eigenvalue weighted by atomic mass is 10.00. The number of rotatable bonds is 3. The van der Waals surface area contributed by atoms with E-state index in [9.17, 15) is 0 Å². The molecule has 0 aliphatic heterocycles. The molecular formula is C40H23N3OS. The van der Waals surface area contributed by atoms with Crippen molar-refractivity contribution in [2.75, 3.05) is 0 Å². The molecule has 0 saturated carbocycles. The van der Waals surface area contributed by atoms with Gasteiger partial charge in [0.25, 0.3) is 0 Å². The molecule has 210 valence electrons. The van der Waals surface area contributed by atoms with Gasteiger partial charge in [0.1, 0.15) is 11.2 Å².